The zero-order valence-electron chi connectivity index (χ0n) is 7.40. The first-order chi connectivity index (χ1) is 5.75. The van der Waals surface area contributed by atoms with Gasteiger partial charge in [0.15, 0.2) is 0 Å². The van der Waals surface area contributed by atoms with Gasteiger partial charge in [0.1, 0.15) is 11.8 Å². The molecule has 0 fully saturated rings. The standard InChI is InChI=1S/C8H14N2OS/c1-3-4-6(2)8(11)7-5-12-10-9-7/h5-6,8,11H,3-4H2,1-2H3. The second-order valence-corrected chi connectivity index (χ2v) is 3.65. The lowest BCUT2D eigenvalue weighted by atomic mass is 9.98. The number of rotatable bonds is 4. The topological polar surface area (TPSA) is 46.0 Å². The molecule has 1 aromatic rings. The molecule has 1 N–H and O–H groups in total. The van der Waals surface area contributed by atoms with Crippen molar-refractivity contribution in [2.75, 3.05) is 0 Å². The number of aliphatic hydroxyl groups is 1. The normalized spacial score (nSPS) is 15.9. The van der Waals surface area contributed by atoms with Crippen molar-refractivity contribution in [1.82, 2.24) is 9.59 Å². The molecular weight excluding hydrogens is 172 g/mol. The van der Waals surface area contributed by atoms with E-state index in [9.17, 15) is 5.11 Å². The van der Waals surface area contributed by atoms with E-state index in [2.05, 4.69) is 16.5 Å². The van der Waals surface area contributed by atoms with Crippen LogP contribution in [-0.4, -0.2) is 14.7 Å². The molecular formula is C8H14N2OS. The van der Waals surface area contributed by atoms with Gasteiger partial charge in [0, 0.05) is 5.38 Å². The minimum atomic E-state index is -0.441. The van der Waals surface area contributed by atoms with Gasteiger partial charge in [0.2, 0.25) is 0 Å². The lowest BCUT2D eigenvalue weighted by Crippen LogP contribution is -2.09. The molecule has 0 aliphatic rings. The maximum atomic E-state index is 9.71. The molecule has 0 bridgehead atoms. The summed E-state index contributed by atoms with van der Waals surface area (Å²) in [6.07, 6.45) is 1.68. The van der Waals surface area contributed by atoms with Crippen LogP contribution < -0.4 is 0 Å². The van der Waals surface area contributed by atoms with E-state index in [1.807, 2.05) is 6.92 Å². The van der Waals surface area contributed by atoms with Gasteiger partial charge in [-0.1, -0.05) is 24.8 Å². The molecule has 0 saturated heterocycles. The van der Waals surface area contributed by atoms with Gasteiger partial charge in [-0.25, -0.2) is 0 Å². The average Bonchev–Trinajstić information content (AvgIpc) is 2.55. The van der Waals surface area contributed by atoms with Crippen LogP contribution in [0.3, 0.4) is 0 Å². The Morgan fingerprint density at radius 1 is 1.67 bits per heavy atom. The fraction of sp³-hybridized carbons (Fsp3) is 0.750. The fourth-order valence-electron chi connectivity index (χ4n) is 1.21. The van der Waals surface area contributed by atoms with Crippen molar-refractivity contribution in [3.8, 4) is 0 Å². The zero-order valence-corrected chi connectivity index (χ0v) is 8.21. The number of nitrogens with zero attached hydrogens (tertiary/aromatic N) is 2. The molecule has 1 heterocycles. The lowest BCUT2D eigenvalue weighted by molar-refractivity contribution is 0.108. The Morgan fingerprint density at radius 3 is 2.92 bits per heavy atom. The summed E-state index contributed by atoms with van der Waals surface area (Å²) in [5.74, 6) is 0.277. The van der Waals surface area contributed by atoms with E-state index in [1.165, 1.54) is 11.5 Å². The van der Waals surface area contributed by atoms with Gasteiger partial charge in [0.25, 0.3) is 0 Å². The Hall–Kier alpha value is -0.480. The van der Waals surface area contributed by atoms with Gasteiger partial charge in [-0.3, -0.25) is 0 Å². The van der Waals surface area contributed by atoms with Crippen molar-refractivity contribution in [3.05, 3.63) is 11.1 Å². The van der Waals surface area contributed by atoms with E-state index >= 15 is 0 Å². The number of aromatic nitrogens is 2. The molecule has 2 unspecified atom stereocenters. The molecule has 3 nitrogen and oxygen atoms in total. The monoisotopic (exact) mass is 186 g/mol. The highest BCUT2D eigenvalue weighted by Gasteiger charge is 2.17. The Balaban J connectivity index is 2.53. The molecule has 0 spiro atoms. The molecule has 0 amide bonds. The summed E-state index contributed by atoms with van der Waals surface area (Å²) in [7, 11) is 0. The number of hydrogen-bond acceptors (Lipinski definition) is 4. The largest absolute Gasteiger partial charge is 0.386 e. The van der Waals surface area contributed by atoms with Gasteiger partial charge in [-0.05, 0) is 23.9 Å². The molecule has 68 valence electrons. The highest BCUT2D eigenvalue weighted by Crippen LogP contribution is 2.23. The first-order valence-electron chi connectivity index (χ1n) is 4.20. The van der Waals surface area contributed by atoms with E-state index < -0.39 is 6.10 Å². The zero-order chi connectivity index (χ0) is 8.97. The fourth-order valence-corrected chi connectivity index (χ4v) is 1.69. The second kappa shape index (κ2) is 4.52. The molecule has 12 heavy (non-hydrogen) atoms. The van der Waals surface area contributed by atoms with Crippen LogP contribution in [0.2, 0.25) is 0 Å². The van der Waals surface area contributed by atoms with Crippen LogP contribution >= 0.6 is 11.5 Å². The predicted octanol–water partition coefficient (Wildman–Crippen LogP) is 2.01. The Labute approximate surface area is 76.6 Å². The van der Waals surface area contributed by atoms with Crippen LogP contribution in [0.5, 0.6) is 0 Å². The van der Waals surface area contributed by atoms with E-state index in [4.69, 9.17) is 0 Å². The quantitative estimate of drug-likeness (QED) is 0.782. The highest BCUT2D eigenvalue weighted by molar-refractivity contribution is 7.03. The maximum Gasteiger partial charge on any atom is 0.104 e. The Bertz CT molecular complexity index is 213. The summed E-state index contributed by atoms with van der Waals surface area (Å²) >= 11 is 1.28. The van der Waals surface area contributed by atoms with Crippen molar-refractivity contribution >= 4 is 11.5 Å². The molecule has 0 aromatic carbocycles. The SMILES string of the molecule is CCCC(C)C(O)c1csnn1. The summed E-state index contributed by atoms with van der Waals surface area (Å²) in [6, 6.07) is 0. The molecule has 0 aliphatic carbocycles. The van der Waals surface area contributed by atoms with Crippen LogP contribution in [0, 0.1) is 5.92 Å². The second-order valence-electron chi connectivity index (χ2n) is 3.04. The van der Waals surface area contributed by atoms with Gasteiger partial charge in [0.05, 0.1) is 0 Å². The summed E-state index contributed by atoms with van der Waals surface area (Å²) in [5.41, 5.74) is 0.709. The first kappa shape index (κ1) is 9.61. The third-order valence-corrected chi connectivity index (χ3v) is 2.49. The van der Waals surface area contributed by atoms with E-state index in [1.54, 1.807) is 5.38 Å². The minimum absolute atomic E-state index is 0.277. The van der Waals surface area contributed by atoms with Gasteiger partial charge in [-0.2, -0.15) is 0 Å². The van der Waals surface area contributed by atoms with Crippen LogP contribution in [-0.2, 0) is 0 Å². The van der Waals surface area contributed by atoms with Gasteiger partial charge >= 0.3 is 0 Å². The summed E-state index contributed by atoms with van der Waals surface area (Å²) < 4.78 is 3.72. The molecule has 0 aliphatic heterocycles. The average molecular weight is 186 g/mol. The number of aliphatic hydroxyl groups excluding tert-OH is 1. The van der Waals surface area contributed by atoms with Gasteiger partial charge in [-0.15, -0.1) is 5.10 Å². The summed E-state index contributed by atoms with van der Waals surface area (Å²) in [4.78, 5) is 0. The molecule has 4 heteroatoms. The maximum absolute atomic E-state index is 9.71. The molecule has 1 aromatic heterocycles. The van der Waals surface area contributed by atoms with Crippen LogP contribution in [0.25, 0.3) is 0 Å². The molecule has 0 saturated carbocycles. The Kier molecular flexibility index (Phi) is 3.62. The van der Waals surface area contributed by atoms with E-state index in [-0.39, 0.29) is 5.92 Å². The third-order valence-electron chi connectivity index (χ3n) is 1.96. The summed E-state index contributed by atoms with van der Waals surface area (Å²) in [6.45, 7) is 4.15. The van der Waals surface area contributed by atoms with Crippen LogP contribution in [0.4, 0.5) is 0 Å². The van der Waals surface area contributed by atoms with Crippen molar-refractivity contribution < 1.29 is 5.11 Å². The molecule has 2 atom stereocenters. The smallest absolute Gasteiger partial charge is 0.104 e. The minimum Gasteiger partial charge on any atom is -0.386 e. The van der Waals surface area contributed by atoms with Gasteiger partial charge < -0.3 is 5.11 Å². The van der Waals surface area contributed by atoms with Crippen molar-refractivity contribution in [2.45, 2.75) is 32.8 Å². The van der Waals surface area contributed by atoms with Crippen molar-refractivity contribution in [1.29, 1.82) is 0 Å². The Morgan fingerprint density at radius 2 is 2.42 bits per heavy atom. The van der Waals surface area contributed by atoms with E-state index in [0.29, 0.717) is 5.69 Å². The predicted molar refractivity (Wildman–Crippen MR) is 48.9 cm³/mol. The third kappa shape index (κ3) is 2.25. The number of hydrogen-bond donors (Lipinski definition) is 1. The van der Waals surface area contributed by atoms with Crippen LogP contribution in [0.15, 0.2) is 5.38 Å². The summed E-state index contributed by atoms with van der Waals surface area (Å²) in [5, 5.41) is 15.4. The van der Waals surface area contributed by atoms with Crippen LogP contribution in [0.1, 0.15) is 38.5 Å². The van der Waals surface area contributed by atoms with Crippen molar-refractivity contribution in [3.63, 3.8) is 0 Å². The first-order valence-corrected chi connectivity index (χ1v) is 5.04. The molecule has 1 rings (SSSR count). The lowest BCUT2D eigenvalue weighted by Gasteiger charge is -2.14. The molecule has 0 radical (unpaired) electrons. The van der Waals surface area contributed by atoms with Crippen molar-refractivity contribution in [2.24, 2.45) is 5.92 Å². The van der Waals surface area contributed by atoms with E-state index in [0.717, 1.165) is 12.8 Å². The highest BCUT2D eigenvalue weighted by atomic mass is 32.1.